The number of benzene rings is 1. The number of aryl methyl sites for hydroxylation is 2. The molecule has 1 atom stereocenters. The van der Waals surface area contributed by atoms with Gasteiger partial charge in [-0.2, -0.15) is 0 Å². The van der Waals surface area contributed by atoms with Gasteiger partial charge in [-0.1, -0.05) is 24.3 Å². The summed E-state index contributed by atoms with van der Waals surface area (Å²) in [7, 11) is 0. The highest BCUT2D eigenvalue weighted by Gasteiger charge is 2.26. The molecule has 0 fully saturated rings. The summed E-state index contributed by atoms with van der Waals surface area (Å²) >= 11 is 1.63. The molecule has 1 amide bonds. The predicted molar refractivity (Wildman–Crippen MR) is 114 cm³/mol. The molecule has 142 valence electrons. The molecule has 1 unspecified atom stereocenters. The quantitative estimate of drug-likeness (QED) is 0.708. The van der Waals surface area contributed by atoms with Crippen LogP contribution in [0.25, 0.3) is 11.0 Å². The number of carbonyl (C=O) groups is 1. The second-order valence-corrected chi connectivity index (χ2v) is 8.46. The van der Waals surface area contributed by atoms with Gasteiger partial charge in [0, 0.05) is 36.3 Å². The summed E-state index contributed by atoms with van der Waals surface area (Å²) < 4.78 is 0. The van der Waals surface area contributed by atoms with Crippen molar-refractivity contribution in [3.05, 3.63) is 70.5 Å². The molecule has 1 aliphatic heterocycles. The van der Waals surface area contributed by atoms with Gasteiger partial charge >= 0.3 is 0 Å². The summed E-state index contributed by atoms with van der Waals surface area (Å²) in [6.45, 7) is 2.95. The molecular weight excluding hydrogens is 368 g/mol. The molecule has 0 radical (unpaired) electrons. The molecule has 5 nitrogen and oxygen atoms in total. The molecule has 3 heterocycles. The van der Waals surface area contributed by atoms with E-state index in [2.05, 4.69) is 45.3 Å². The normalized spacial score (nSPS) is 18.8. The van der Waals surface area contributed by atoms with E-state index in [0.717, 1.165) is 46.8 Å². The van der Waals surface area contributed by atoms with Gasteiger partial charge in [0.25, 0.3) is 5.91 Å². The molecule has 6 heteroatoms. The third-order valence-corrected chi connectivity index (χ3v) is 6.57. The first-order chi connectivity index (χ1) is 13.7. The van der Waals surface area contributed by atoms with Gasteiger partial charge in [-0.05, 0) is 42.5 Å². The van der Waals surface area contributed by atoms with Gasteiger partial charge in [0.15, 0.2) is 0 Å². The third kappa shape index (κ3) is 2.98. The molecule has 2 aliphatic rings. The number of anilines is 1. The second-order valence-electron chi connectivity index (χ2n) is 7.32. The number of H-pyrrole nitrogens is 1. The molecule has 28 heavy (non-hydrogen) atoms. The van der Waals surface area contributed by atoms with Gasteiger partial charge in [-0.25, -0.2) is 4.98 Å². The maximum atomic E-state index is 13.0. The zero-order chi connectivity index (χ0) is 19.1. The molecule has 0 spiro atoms. The van der Waals surface area contributed by atoms with Crippen molar-refractivity contribution in [2.75, 3.05) is 17.2 Å². The van der Waals surface area contributed by atoms with E-state index in [-0.39, 0.29) is 11.9 Å². The predicted octanol–water partition coefficient (Wildman–Crippen LogP) is 4.07. The van der Waals surface area contributed by atoms with Crippen molar-refractivity contribution < 1.29 is 4.79 Å². The van der Waals surface area contributed by atoms with E-state index in [9.17, 15) is 4.79 Å². The molecular formula is C22H22N4OS. The fourth-order valence-corrected chi connectivity index (χ4v) is 5.09. The lowest BCUT2D eigenvalue weighted by atomic mass is 10.1. The van der Waals surface area contributed by atoms with Crippen LogP contribution in [0.5, 0.6) is 0 Å². The van der Waals surface area contributed by atoms with Gasteiger partial charge in [-0.3, -0.25) is 4.79 Å². The van der Waals surface area contributed by atoms with Crippen LogP contribution in [0.1, 0.15) is 29.2 Å². The SMILES string of the molecule is Cc1c[nH]c2nccc(N3C=C(C(=O)NC4CCc5ccccc54)SCC3)c12. The molecule has 0 saturated carbocycles. The van der Waals surface area contributed by atoms with E-state index < -0.39 is 0 Å². The first-order valence-corrected chi connectivity index (χ1v) is 10.6. The first kappa shape index (κ1) is 17.4. The number of nitrogens with zero attached hydrogens (tertiary/aromatic N) is 2. The Morgan fingerprint density at radius 2 is 2.21 bits per heavy atom. The molecule has 3 aromatic rings. The summed E-state index contributed by atoms with van der Waals surface area (Å²) in [4.78, 5) is 23.6. The largest absolute Gasteiger partial charge is 0.346 e. The van der Waals surface area contributed by atoms with E-state index in [1.807, 2.05) is 30.7 Å². The number of pyridine rings is 1. The number of thioether (sulfide) groups is 1. The Hall–Kier alpha value is -2.73. The average Bonchev–Trinajstić information content (AvgIpc) is 3.32. The van der Waals surface area contributed by atoms with Gasteiger partial charge < -0.3 is 15.2 Å². The fourth-order valence-electron chi connectivity index (χ4n) is 4.19. The summed E-state index contributed by atoms with van der Waals surface area (Å²) in [5.74, 6) is 0.904. The van der Waals surface area contributed by atoms with E-state index >= 15 is 0 Å². The number of hydrogen-bond donors (Lipinski definition) is 2. The van der Waals surface area contributed by atoms with Crippen LogP contribution in [-0.4, -0.2) is 28.2 Å². The minimum Gasteiger partial charge on any atom is -0.346 e. The van der Waals surface area contributed by atoms with Crippen molar-refractivity contribution >= 4 is 34.4 Å². The van der Waals surface area contributed by atoms with Crippen LogP contribution in [0, 0.1) is 6.92 Å². The number of nitrogens with one attached hydrogen (secondary N) is 2. The van der Waals surface area contributed by atoms with Crippen LogP contribution in [-0.2, 0) is 11.2 Å². The Bertz CT molecular complexity index is 1090. The molecule has 0 bridgehead atoms. The van der Waals surface area contributed by atoms with Gasteiger partial charge in [0.05, 0.1) is 16.6 Å². The van der Waals surface area contributed by atoms with Gasteiger partial charge in [0.1, 0.15) is 5.65 Å². The van der Waals surface area contributed by atoms with Crippen LogP contribution < -0.4 is 10.2 Å². The van der Waals surface area contributed by atoms with E-state index in [1.165, 1.54) is 16.7 Å². The van der Waals surface area contributed by atoms with Crippen LogP contribution in [0.4, 0.5) is 5.69 Å². The highest BCUT2D eigenvalue weighted by Crippen LogP contribution is 2.34. The van der Waals surface area contributed by atoms with Crippen molar-refractivity contribution in [2.24, 2.45) is 0 Å². The van der Waals surface area contributed by atoms with E-state index in [4.69, 9.17) is 0 Å². The first-order valence-electron chi connectivity index (χ1n) is 9.63. The Morgan fingerprint density at radius 3 is 3.14 bits per heavy atom. The van der Waals surface area contributed by atoms with Crippen LogP contribution in [0.2, 0.25) is 0 Å². The smallest absolute Gasteiger partial charge is 0.259 e. The standard InChI is InChI=1S/C22H22N4OS/c1-14-12-24-21-20(14)18(8-9-23-21)26-10-11-28-19(13-26)22(27)25-17-7-6-15-4-2-3-5-16(15)17/h2-5,8-9,12-13,17H,6-7,10-11H2,1H3,(H,23,24)(H,25,27). The number of aromatic nitrogens is 2. The topological polar surface area (TPSA) is 61.0 Å². The molecule has 1 aliphatic carbocycles. The number of hydrogen-bond acceptors (Lipinski definition) is 4. The average molecular weight is 391 g/mol. The number of fused-ring (bicyclic) bond motifs is 2. The van der Waals surface area contributed by atoms with Crippen LogP contribution in [0.3, 0.4) is 0 Å². The monoisotopic (exact) mass is 390 g/mol. The van der Waals surface area contributed by atoms with Crippen LogP contribution >= 0.6 is 11.8 Å². The molecule has 2 aromatic heterocycles. The van der Waals surface area contributed by atoms with E-state index in [0.29, 0.717) is 0 Å². The molecule has 5 rings (SSSR count). The summed E-state index contributed by atoms with van der Waals surface area (Å²) in [5.41, 5.74) is 5.75. The highest BCUT2D eigenvalue weighted by atomic mass is 32.2. The minimum absolute atomic E-state index is 0.0208. The maximum Gasteiger partial charge on any atom is 0.259 e. The molecule has 2 N–H and O–H groups in total. The lowest BCUT2D eigenvalue weighted by Crippen LogP contribution is -2.32. The van der Waals surface area contributed by atoms with Crippen molar-refractivity contribution in [3.8, 4) is 0 Å². The Morgan fingerprint density at radius 1 is 1.32 bits per heavy atom. The summed E-state index contributed by atoms with van der Waals surface area (Å²) in [6.07, 6.45) is 7.79. The minimum atomic E-state index is 0.0208. The second kappa shape index (κ2) is 7.02. The lowest BCUT2D eigenvalue weighted by molar-refractivity contribution is -0.117. The highest BCUT2D eigenvalue weighted by molar-refractivity contribution is 8.04. The zero-order valence-electron chi connectivity index (χ0n) is 15.7. The van der Waals surface area contributed by atoms with E-state index in [1.54, 1.807) is 11.8 Å². The van der Waals surface area contributed by atoms with Gasteiger partial charge in [0.2, 0.25) is 0 Å². The van der Waals surface area contributed by atoms with Crippen molar-refractivity contribution in [2.45, 2.75) is 25.8 Å². The number of carbonyl (C=O) groups excluding carboxylic acids is 1. The van der Waals surface area contributed by atoms with Gasteiger partial charge in [-0.15, -0.1) is 11.8 Å². The third-order valence-electron chi connectivity index (χ3n) is 5.58. The number of amides is 1. The number of rotatable bonds is 3. The fraction of sp³-hybridized carbons (Fsp3) is 0.273. The Kier molecular flexibility index (Phi) is 4.36. The number of aromatic amines is 1. The zero-order valence-corrected chi connectivity index (χ0v) is 16.6. The van der Waals surface area contributed by atoms with Crippen molar-refractivity contribution in [1.29, 1.82) is 0 Å². The molecule has 1 aromatic carbocycles. The maximum absolute atomic E-state index is 13.0. The lowest BCUT2D eigenvalue weighted by Gasteiger charge is -2.27. The molecule has 0 saturated heterocycles. The van der Waals surface area contributed by atoms with Crippen LogP contribution in [0.15, 0.2) is 53.8 Å². The van der Waals surface area contributed by atoms with Crippen molar-refractivity contribution in [1.82, 2.24) is 15.3 Å². The Labute approximate surface area is 168 Å². The Balaban J connectivity index is 1.40. The summed E-state index contributed by atoms with van der Waals surface area (Å²) in [5, 5.41) is 4.37. The van der Waals surface area contributed by atoms with Crippen molar-refractivity contribution in [3.63, 3.8) is 0 Å². The summed E-state index contributed by atoms with van der Waals surface area (Å²) in [6, 6.07) is 10.5.